The van der Waals surface area contributed by atoms with Crippen LogP contribution in [0.3, 0.4) is 0 Å². The van der Waals surface area contributed by atoms with Crippen LogP contribution in [0.2, 0.25) is 0 Å². The molecule has 0 aromatic heterocycles. The van der Waals surface area contributed by atoms with E-state index in [1.807, 2.05) is 36.4 Å². The zero-order valence-corrected chi connectivity index (χ0v) is 14.8. The minimum absolute atomic E-state index is 0.0611. The monoisotopic (exact) mass is 346 g/mol. The largest absolute Gasteiger partial charge is 0.323 e. The summed E-state index contributed by atoms with van der Waals surface area (Å²) in [5.74, 6) is -0.311. The number of carbonyl (C=O) groups excluding carboxylic acids is 2. The molecule has 2 aromatic carbocycles. The van der Waals surface area contributed by atoms with Crippen LogP contribution in [-0.2, 0) is 11.3 Å². The Balaban J connectivity index is 2.16. The lowest BCUT2D eigenvalue weighted by Crippen LogP contribution is -2.28. The van der Waals surface area contributed by atoms with Crippen molar-refractivity contribution in [3.05, 3.63) is 103 Å². The fourth-order valence-corrected chi connectivity index (χ4v) is 2.43. The number of nitrogens with one attached hydrogen (secondary N) is 1. The first-order chi connectivity index (χ1) is 12.5. The lowest BCUT2D eigenvalue weighted by atomic mass is 10.1. The molecule has 26 heavy (non-hydrogen) atoms. The molecule has 1 N–H and O–H groups in total. The second kappa shape index (κ2) is 9.18. The van der Waals surface area contributed by atoms with Gasteiger partial charge in [0.1, 0.15) is 0 Å². The van der Waals surface area contributed by atoms with Crippen molar-refractivity contribution in [2.75, 3.05) is 4.90 Å². The van der Waals surface area contributed by atoms with Gasteiger partial charge in [0, 0.05) is 23.9 Å². The SMILES string of the molecule is C=C/C=C\C(=C)NC(=O)c1cccc(CN(C(C)=O)c2ccccc2)c1. The Kier molecular flexibility index (Phi) is 6.68. The van der Waals surface area contributed by atoms with Gasteiger partial charge in [-0.3, -0.25) is 9.59 Å². The highest BCUT2D eigenvalue weighted by Gasteiger charge is 2.13. The first-order valence-electron chi connectivity index (χ1n) is 8.22. The molecule has 0 radical (unpaired) electrons. The zero-order valence-electron chi connectivity index (χ0n) is 14.8. The fraction of sp³-hybridized carbons (Fsp3) is 0.0909. The van der Waals surface area contributed by atoms with Gasteiger partial charge in [-0.05, 0) is 35.9 Å². The van der Waals surface area contributed by atoms with E-state index in [2.05, 4.69) is 18.5 Å². The van der Waals surface area contributed by atoms with Crippen LogP contribution in [0.25, 0.3) is 0 Å². The van der Waals surface area contributed by atoms with Crippen molar-refractivity contribution in [1.29, 1.82) is 0 Å². The molecular weight excluding hydrogens is 324 g/mol. The molecule has 0 aliphatic rings. The number of hydrogen-bond acceptors (Lipinski definition) is 2. The van der Waals surface area contributed by atoms with Crippen LogP contribution in [0.4, 0.5) is 5.69 Å². The van der Waals surface area contributed by atoms with Crippen molar-refractivity contribution in [3.8, 4) is 0 Å². The maximum Gasteiger partial charge on any atom is 0.255 e. The molecule has 0 unspecified atom stereocenters. The average molecular weight is 346 g/mol. The number of nitrogens with zero attached hydrogens (tertiary/aromatic N) is 1. The average Bonchev–Trinajstić information content (AvgIpc) is 2.65. The maximum absolute atomic E-state index is 12.3. The van der Waals surface area contributed by atoms with Gasteiger partial charge < -0.3 is 10.2 Å². The summed E-state index contributed by atoms with van der Waals surface area (Å²) in [6, 6.07) is 16.6. The van der Waals surface area contributed by atoms with Crippen LogP contribution in [0.5, 0.6) is 0 Å². The van der Waals surface area contributed by atoms with Crippen molar-refractivity contribution in [1.82, 2.24) is 5.32 Å². The van der Waals surface area contributed by atoms with E-state index in [9.17, 15) is 9.59 Å². The number of benzene rings is 2. The summed E-state index contributed by atoms with van der Waals surface area (Å²) >= 11 is 0. The van der Waals surface area contributed by atoms with Gasteiger partial charge in [0.15, 0.2) is 0 Å². The van der Waals surface area contributed by atoms with Crippen LogP contribution in [0.1, 0.15) is 22.8 Å². The zero-order chi connectivity index (χ0) is 18.9. The highest BCUT2D eigenvalue weighted by molar-refractivity contribution is 5.96. The summed E-state index contributed by atoms with van der Waals surface area (Å²) in [6.45, 7) is 9.26. The van der Waals surface area contributed by atoms with Crippen LogP contribution >= 0.6 is 0 Å². The summed E-state index contributed by atoms with van der Waals surface area (Å²) in [4.78, 5) is 26.1. The Morgan fingerprint density at radius 1 is 1.12 bits per heavy atom. The van der Waals surface area contributed by atoms with E-state index in [4.69, 9.17) is 0 Å². The van der Waals surface area contributed by atoms with Gasteiger partial charge in [-0.25, -0.2) is 0 Å². The topological polar surface area (TPSA) is 49.4 Å². The first kappa shape index (κ1) is 18.9. The Morgan fingerprint density at radius 3 is 2.50 bits per heavy atom. The molecule has 0 atom stereocenters. The van der Waals surface area contributed by atoms with E-state index < -0.39 is 0 Å². The number of allylic oxidation sites excluding steroid dienone is 3. The van der Waals surface area contributed by atoms with Crippen molar-refractivity contribution >= 4 is 17.5 Å². The van der Waals surface area contributed by atoms with Crippen LogP contribution < -0.4 is 10.2 Å². The summed E-state index contributed by atoms with van der Waals surface area (Å²) < 4.78 is 0. The Labute approximate surface area is 154 Å². The first-order valence-corrected chi connectivity index (χ1v) is 8.22. The quantitative estimate of drug-likeness (QED) is 0.763. The Bertz CT molecular complexity index is 838. The molecule has 4 heteroatoms. The predicted molar refractivity (Wildman–Crippen MR) is 106 cm³/mol. The van der Waals surface area contributed by atoms with Crippen LogP contribution in [0.15, 0.2) is 91.7 Å². The summed E-state index contributed by atoms with van der Waals surface area (Å²) in [5.41, 5.74) is 2.67. The lowest BCUT2D eigenvalue weighted by Gasteiger charge is -2.21. The van der Waals surface area contributed by atoms with Crippen molar-refractivity contribution in [2.24, 2.45) is 0 Å². The molecule has 0 aliphatic carbocycles. The van der Waals surface area contributed by atoms with Gasteiger partial charge in [0.05, 0.1) is 6.54 Å². The summed E-state index contributed by atoms with van der Waals surface area (Å²) in [5, 5.41) is 2.72. The van der Waals surface area contributed by atoms with E-state index in [0.717, 1.165) is 11.3 Å². The van der Waals surface area contributed by atoms with Gasteiger partial charge in [-0.2, -0.15) is 0 Å². The number of rotatable bonds is 7. The fourth-order valence-electron chi connectivity index (χ4n) is 2.43. The van der Waals surface area contributed by atoms with Crippen LogP contribution in [0, 0.1) is 0 Å². The lowest BCUT2D eigenvalue weighted by molar-refractivity contribution is -0.116. The van der Waals surface area contributed by atoms with E-state index in [1.54, 1.807) is 41.3 Å². The number of amides is 2. The van der Waals surface area contributed by atoms with Gasteiger partial charge in [0.25, 0.3) is 5.91 Å². The molecule has 132 valence electrons. The van der Waals surface area contributed by atoms with Gasteiger partial charge in [-0.15, -0.1) is 0 Å². The standard InChI is InChI=1S/C22H22N2O2/c1-4-5-10-17(2)23-22(26)20-12-9-11-19(15-20)16-24(18(3)25)21-13-7-6-8-14-21/h4-15H,1-2,16H2,3H3,(H,23,26)/b10-5-. The van der Waals surface area contributed by atoms with Gasteiger partial charge >= 0.3 is 0 Å². The highest BCUT2D eigenvalue weighted by Crippen LogP contribution is 2.18. The Morgan fingerprint density at radius 2 is 1.85 bits per heavy atom. The van der Waals surface area contributed by atoms with E-state index in [0.29, 0.717) is 17.8 Å². The molecule has 0 fully saturated rings. The van der Waals surface area contributed by atoms with Crippen molar-refractivity contribution in [3.63, 3.8) is 0 Å². The molecule has 0 spiro atoms. The molecule has 0 bridgehead atoms. The molecule has 2 aromatic rings. The molecule has 2 rings (SSSR count). The molecule has 0 saturated heterocycles. The highest BCUT2D eigenvalue weighted by atomic mass is 16.2. The number of hydrogen-bond donors (Lipinski definition) is 1. The smallest absolute Gasteiger partial charge is 0.255 e. The molecular formula is C22H22N2O2. The normalized spacial score (nSPS) is 10.3. The Hall–Kier alpha value is -3.40. The van der Waals surface area contributed by atoms with E-state index >= 15 is 0 Å². The summed E-state index contributed by atoms with van der Waals surface area (Å²) in [6.07, 6.45) is 4.98. The minimum atomic E-state index is -0.250. The molecule has 0 heterocycles. The molecule has 4 nitrogen and oxygen atoms in total. The minimum Gasteiger partial charge on any atom is -0.323 e. The van der Waals surface area contributed by atoms with Crippen LogP contribution in [-0.4, -0.2) is 11.8 Å². The van der Waals surface area contributed by atoms with Crippen molar-refractivity contribution in [2.45, 2.75) is 13.5 Å². The molecule has 2 amide bonds. The predicted octanol–water partition coefficient (Wildman–Crippen LogP) is 4.23. The van der Waals surface area contributed by atoms with Crippen molar-refractivity contribution < 1.29 is 9.59 Å². The maximum atomic E-state index is 12.3. The molecule has 0 aliphatic heterocycles. The third-order valence-corrected chi connectivity index (χ3v) is 3.69. The number of carbonyl (C=O) groups is 2. The third kappa shape index (κ3) is 5.31. The number of anilines is 1. The molecule has 0 saturated carbocycles. The van der Waals surface area contributed by atoms with E-state index in [-0.39, 0.29) is 11.8 Å². The van der Waals surface area contributed by atoms with Gasteiger partial charge in [0.2, 0.25) is 5.91 Å². The summed E-state index contributed by atoms with van der Waals surface area (Å²) in [7, 11) is 0. The second-order valence-electron chi connectivity index (χ2n) is 5.72. The van der Waals surface area contributed by atoms with Gasteiger partial charge in [-0.1, -0.05) is 55.6 Å². The number of para-hydroxylation sites is 1. The van der Waals surface area contributed by atoms with E-state index in [1.165, 1.54) is 6.92 Å². The second-order valence-corrected chi connectivity index (χ2v) is 5.72. The third-order valence-electron chi connectivity index (χ3n) is 3.69.